The minimum atomic E-state index is -0.499. The van der Waals surface area contributed by atoms with E-state index in [9.17, 15) is 14.4 Å². The van der Waals surface area contributed by atoms with Gasteiger partial charge in [-0.2, -0.15) is 0 Å². The molecule has 2 amide bonds. The third kappa shape index (κ3) is 2.68. The number of carbonyl (C=O) groups is 3. The van der Waals surface area contributed by atoms with Crippen LogP contribution in [0.1, 0.15) is 22.5 Å². The number of amides is 2. The van der Waals surface area contributed by atoms with E-state index >= 15 is 0 Å². The Kier molecular flexibility index (Phi) is 3.97. The Morgan fingerprint density at radius 3 is 2.32 bits per heavy atom. The average Bonchev–Trinajstić information content (AvgIpc) is 3.25. The first-order valence-electron chi connectivity index (χ1n) is 8.04. The van der Waals surface area contributed by atoms with Gasteiger partial charge >= 0.3 is 5.97 Å². The summed E-state index contributed by atoms with van der Waals surface area (Å²) in [7, 11) is 0. The molecule has 0 bridgehead atoms. The van der Waals surface area contributed by atoms with Gasteiger partial charge in [-0.25, -0.2) is 9.69 Å². The van der Waals surface area contributed by atoms with Crippen LogP contribution in [-0.4, -0.2) is 17.8 Å². The summed E-state index contributed by atoms with van der Waals surface area (Å²) >= 11 is 1.28. The van der Waals surface area contributed by atoms with Crippen LogP contribution in [0, 0.1) is 11.8 Å². The highest BCUT2D eigenvalue weighted by Gasteiger charge is 2.48. The first-order valence-corrected chi connectivity index (χ1v) is 8.92. The molecule has 0 unspecified atom stereocenters. The summed E-state index contributed by atoms with van der Waals surface area (Å²) in [5, 5.41) is 1.79. The van der Waals surface area contributed by atoms with Crippen molar-refractivity contribution >= 4 is 34.8 Å². The molecule has 0 radical (unpaired) electrons. The molecule has 2 heterocycles. The van der Waals surface area contributed by atoms with Crippen molar-refractivity contribution < 1.29 is 19.1 Å². The predicted octanol–water partition coefficient (Wildman–Crippen LogP) is 3.42. The molecule has 126 valence electrons. The Labute approximate surface area is 148 Å². The molecular weight excluding hydrogens is 338 g/mol. The van der Waals surface area contributed by atoms with Crippen molar-refractivity contribution in [2.75, 3.05) is 4.90 Å². The lowest BCUT2D eigenvalue weighted by molar-refractivity contribution is -0.122. The Morgan fingerprint density at radius 2 is 1.68 bits per heavy atom. The first kappa shape index (κ1) is 15.8. The van der Waals surface area contributed by atoms with Crippen LogP contribution in [0.15, 0.2) is 53.9 Å². The van der Waals surface area contributed by atoms with Crippen molar-refractivity contribution in [2.24, 2.45) is 11.8 Å². The fourth-order valence-electron chi connectivity index (χ4n) is 3.31. The van der Waals surface area contributed by atoms with E-state index < -0.39 is 5.97 Å². The molecule has 0 spiro atoms. The highest BCUT2D eigenvalue weighted by atomic mass is 32.1. The number of benzene rings is 1. The van der Waals surface area contributed by atoms with Gasteiger partial charge in [-0.3, -0.25) is 9.59 Å². The first-order chi connectivity index (χ1) is 12.2. The zero-order valence-electron chi connectivity index (χ0n) is 13.3. The number of esters is 1. The van der Waals surface area contributed by atoms with Gasteiger partial charge in [0.05, 0.1) is 17.5 Å². The van der Waals surface area contributed by atoms with Crippen LogP contribution >= 0.6 is 11.3 Å². The van der Waals surface area contributed by atoms with Crippen LogP contribution < -0.4 is 9.64 Å². The lowest BCUT2D eigenvalue weighted by atomic mass is 9.85. The number of hydrogen-bond acceptors (Lipinski definition) is 5. The molecular formula is C19H15NO4S. The number of imide groups is 1. The second-order valence-electron chi connectivity index (χ2n) is 6.00. The third-order valence-electron chi connectivity index (χ3n) is 4.54. The van der Waals surface area contributed by atoms with Gasteiger partial charge < -0.3 is 4.74 Å². The van der Waals surface area contributed by atoms with Crippen LogP contribution in [0.4, 0.5) is 5.69 Å². The molecule has 5 nitrogen and oxygen atoms in total. The summed E-state index contributed by atoms with van der Waals surface area (Å²) in [5.74, 6) is -1.37. The number of nitrogens with zero attached hydrogens (tertiary/aromatic N) is 1. The molecule has 2 aromatic rings. The van der Waals surface area contributed by atoms with Crippen molar-refractivity contribution in [3.8, 4) is 5.75 Å². The van der Waals surface area contributed by atoms with E-state index in [1.165, 1.54) is 16.2 Å². The third-order valence-corrected chi connectivity index (χ3v) is 5.39. The molecule has 0 saturated carbocycles. The second kappa shape index (κ2) is 6.29. The molecule has 4 rings (SSSR count). The van der Waals surface area contributed by atoms with Crippen LogP contribution in [0.3, 0.4) is 0 Å². The van der Waals surface area contributed by atoms with Gasteiger partial charge in [0.2, 0.25) is 11.8 Å². The van der Waals surface area contributed by atoms with Crippen molar-refractivity contribution in [3.63, 3.8) is 0 Å². The van der Waals surface area contributed by atoms with Gasteiger partial charge in [-0.05, 0) is 36.4 Å². The SMILES string of the molecule is O=C(Oc1ccccc1N1C(=O)[C@H]2CC=CC[C@@H]2C1=O)c1cccs1. The Balaban J connectivity index is 1.66. The Morgan fingerprint density at radius 1 is 1.00 bits per heavy atom. The fourth-order valence-corrected chi connectivity index (χ4v) is 3.91. The van der Waals surface area contributed by atoms with Gasteiger partial charge in [0.15, 0.2) is 5.75 Å². The predicted molar refractivity (Wildman–Crippen MR) is 93.6 cm³/mol. The van der Waals surface area contributed by atoms with Crippen LogP contribution in [0.2, 0.25) is 0 Å². The number of rotatable bonds is 3. The van der Waals surface area contributed by atoms with Gasteiger partial charge in [0.25, 0.3) is 0 Å². The van der Waals surface area contributed by atoms with Gasteiger partial charge in [-0.15, -0.1) is 11.3 Å². The Hall–Kier alpha value is -2.73. The van der Waals surface area contributed by atoms with Crippen LogP contribution in [0.5, 0.6) is 5.75 Å². The van der Waals surface area contributed by atoms with E-state index in [0.717, 1.165) is 0 Å². The molecule has 1 aliphatic carbocycles. The molecule has 1 saturated heterocycles. The van der Waals surface area contributed by atoms with E-state index in [0.29, 0.717) is 23.4 Å². The number of para-hydroxylation sites is 2. The second-order valence-corrected chi connectivity index (χ2v) is 6.95. The summed E-state index contributed by atoms with van der Waals surface area (Å²) in [6.45, 7) is 0. The number of allylic oxidation sites excluding steroid dienone is 2. The lowest BCUT2D eigenvalue weighted by Crippen LogP contribution is -2.31. The summed E-state index contributed by atoms with van der Waals surface area (Å²) in [6, 6.07) is 10.1. The molecule has 1 aromatic heterocycles. The number of carbonyl (C=O) groups excluding carboxylic acids is 3. The van der Waals surface area contributed by atoms with Crippen LogP contribution in [0.25, 0.3) is 0 Å². The quantitative estimate of drug-likeness (QED) is 0.367. The molecule has 2 atom stereocenters. The number of ether oxygens (including phenoxy) is 1. The summed E-state index contributed by atoms with van der Waals surface area (Å²) in [6.07, 6.45) is 5.03. The zero-order chi connectivity index (χ0) is 17.4. The smallest absolute Gasteiger partial charge is 0.353 e. The molecule has 0 N–H and O–H groups in total. The number of hydrogen-bond donors (Lipinski definition) is 0. The van der Waals surface area contributed by atoms with Crippen molar-refractivity contribution in [3.05, 3.63) is 58.8 Å². The normalized spacial score (nSPS) is 22.2. The van der Waals surface area contributed by atoms with E-state index in [4.69, 9.17) is 4.74 Å². The highest BCUT2D eigenvalue weighted by Crippen LogP contribution is 2.40. The van der Waals surface area contributed by atoms with E-state index in [-0.39, 0.29) is 29.4 Å². The number of thiophene rings is 1. The van der Waals surface area contributed by atoms with Gasteiger partial charge in [0.1, 0.15) is 4.88 Å². The molecule has 1 fully saturated rings. The van der Waals surface area contributed by atoms with Crippen molar-refractivity contribution in [1.29, 1.82) is 0 Å². The van der Waals surface area contributed by atoms with E-state index in [1.807, 2.05) is 12.2 Å². The number of anilines is 1. The van der Waals surface area contributed by atoms with Gasteiger partial charge in [-0.1, -0.05) is 30.4 Å². The highest BCUT2D eigenvalue weighted by molar-refractivity contribution is 7.12. The minimum absolute atomic E-state index is 0.217. The standard InChI is InChI=1S/C19H15NO4S/c21-17-12-6-1-2-7-13(12)18(22)20(17)14-8-3-4-9-15(14)24-19(23)16-10-5-11-25-16/h1-5,8-13H,6-7H2/t12-,13-/m0/s1. The minimum Gasteiger partial charge on any atom is -0.420 e. The lowest BCUT2D eigenvalue weighted by Gasteiger charge is -2.18. The average molecular weight is 353 g/mol. The fraction of sp³-hybridized carbons (Fsp3) is 0.211. The van der Waals surface area contributed by atoms with Crippen LogP contribution in [-0.2, 0) is 9.59 Å². The summed E-state index contributed by atoms with van der Waals surface area (Å²) < 4.78 is 5.46. The topological polar surface area (TPSA) is 63.7 Å². The largest absolute Gasteiger partial charge is 0.420 e. The van der Waals surface area contributed by atoms with Crippen molar-refractivity contribution in [1.82, 2.24) is 0 Å². The molecule has 25 heavy (non-hydrogen) atoms. The van der Waals surface area contributed by atoms with E-state index in [2.05, 4.69) is 0 Å². The Bertz CT molecular complexity index is 845. The maximum atomic E-state index is 12.8. The molecule has 6 heteroatoms. The summed E-state index contributed by atoms with van der Waals surface area (Å²) in [4.78, 5) is 39.4. The number of fused-ring (bicyclic) bond motifs is 1. The molecule has 1 aliphatic heterocycles. The van der Waals surface area contributed by atoms with E-state index in [1.54, 1.807) is 41.8 Å². The van der Waals surface area contributed by atoms with Crippen molar-refractivity contribution in [2.45, 2.75) is 12.8 Å². The summed E-state index contributed by atoms with van der Waals surface area (Å²) in [5.41, 5.74) is 0.330. The molecule has 1 aromatic carbocycles. The maximum absolute atomic E-state index is 12.8. The maximum Gasteiger partial charge on any atom is 0.353 e. The monoisotopic (exact) mass is 353 g/mol. The van der Waals surface area contributed by atoms with Gasteiger partial charge in [0, 0.05) is 0 Å². The molecule has 2 aliphatic rings. The zero-order valence-corrected chi connectivity index (χ0v) is 14.1.